The molecule has 0 rings (SSSR count). The van der Waals surface area contributed by atoms with E-state index in [9.17, 15) is 14.4 Å². The van der Waals surface area contributed by atoms with Gasteiger partial charge in [-0.25, -0.2) is 0 Å². The number of ether oxygens (including phenoxy) is 3. The van der Waals surface area contributed by atoms with Gasteiger partial charge in [-0.15, -0.1) is 0 Å². The van der Waals surface area contributed by atoms with Gasteiger partial charge in [-0.3, -0.25) is 14.4 Å². The number of likely N-dealkylation sites (N-methyl/N-ethyl adjacent to an activating group) is 1. The minimum absolute atomic E-state index is 0. The zero-order chi connectivity index (χ0) is 38.9. The molecule has 0 aromatic rings. The van der Waals surface area contributed by atoms with Crippen LogP contribution in [0.15, 0.2) is 48.6 Å². The summed E-state index contributed by atoms with van der Waals surface area (Å²) in [5.41, 5.74) is 0. The molecule has 0 fully saturated rings. The summed E-state index contributed by atoms with van der Waals surface area (Å²) < 4.78 is 16.4. The van der Waals surface area contributed by atoms with Gasteiger partial charge in [0.2, 0.25) is 0 Å². The first kappa shape index (κ1) is 53.4. The van der Waals surface area contributed by atoms with Crippen LogP contribution in [0.1, 0.15) is 182 Å². The molecule has 314 valence electrons. The second-order valence-corrected chi connectivity index (χ2v) is 14.2. The van der Waals surface area contributed by atoms with Gasteiger partial charge in [0.05, 0.1) is 13.0 Å². The van der Waals surface area contributed by atoms with Gasteiger partial charge < -0.3 is 24.2 Å². The topological polar surface area (TPSA) is 102 Å². The third kappa shape index (κ3) is 40.5. The lowest BCUT2D eigenvalue weighted by Gasteiger charge is -2.19. The van der Waals surface area contributed by atoms with Crippen LogP contribution in [-0.4, -0.2) is 74.0 Å². The van der Waals surface area contributed by atoms with Crippen molar-refractivity contribution in [1.82, 2.24) is 4.90 Å². The number of hydrogen-bond donors (Lipinski definition) is 1. The fourth-order valence-electron chi connectivity index (χ4n) is 5.60. The number of aliphatic hydroxyl groups excluding tert-OH is 1. The molecule has 1 N–H and O–H groups in total. The van der Waals surface area contributed by atoms with Gasteiger partial charge in [-0.1, -0.05) is 134 Å². The largest absolute Gasteiger partial charge is 0.462 e. The van der Waals surface area contributed by atoms with E-state index in [-0.39, 0.29) is 52.0 Å². The standard InChI is InChI=1S/C45H79NO7.CH4/c1-4-6-8-10-12-14-16-18-20-22-24-26-28-30-32-34-43(48)51-40-42(41-52-44(49)36-37-46(3)38-39-47)53-45(50)35-33-31-29-27-25-23-21-19-17-15-13-11-9-7-5-2;/h12-15,18-21,42,47H,4-11,16-17,22-41H2,1-3H3;1H4/b14-12-,15-13-,20-18-,21-19-;/t42-;/m1./s1. The van der Waals surface area contributed by atoms with Crippen molar-refractivity contribution in [3.63, 3.8) is 0 Å². The molecule has 8 nitrogen and oxygen atoms in total. The first-order chi connectivity index (χ1) is 25.9. The highest BCUT2D eigenvalue weighted by Gasteiger charge is 2.19. The summed E-state index contributed by atoms with van der Waals surface area (Å²) in [6.45, 7) is 5.08. The van der Waals surface area contributed by atoms with Crippen molar-refractivity contribution in [1.29, 1.82) is 0 Å². The SMILES string of the molecule is C.CCCCC/C=C\C/C=C\CCCCCCCC(=O)OC[C@H](COC(=O)CCN(C)CCO)OC(=O)CCCCCCC/C=C\C/C=C\CCCCC. The molecule has 0 aliphatic rings. The number of rotatable bonds is 38. The second kappa shape index (κ2) is 43.0. The third-order valence-electron chi connectivity index (χ3n) is 9.00. The van der Waals surface area contributed by atoms with E-state index >= 15 is 0 Å². The smallest absolute Gasteiger partial charge is 0.307 e. The van der Waals surface area contributed by atoms with Crippen molar-refractivity contribution in [2.24, 2.45) is 0 Å². The van der Waals surface area contributed by atoms with Crippen molar-refractivity contribution < 1.29 is 33.7 Å². The lowest BCUT2D eigenvalue weighted by molar-refractivity contribution is -0.167. The molecule has 0 saturated heterocycles. The Bertz CT molecular complexity index is 974. The first-order valence-electron chi connectivity index (χ1n) is 21.3. The highest BCUT2D eigenvalue weighted by Crippen LogP contribution is 2.12. The Kier molecular flexibility index (Phi) is 42.5. The molecule has 0 unspecified atom stereocenters. The summed E-state index contributed by atoms with van der Waals surface area (Å²) in [4.78, 5) is 39.2. The summed E-state index contributed by atoms with van der Waals surface area (Å²) in [7, 11) is 1.81. The number of carbonyl (C=O) groups is 3. The zero-order valence-electron chi connectivity index (χ0n) is 34.3. The van der Waals surface area contributed by atoms with Crippen LogP contribution in [-0.2, 0) is 28.6 Å². The molecule has 0 aromatic heterocycles. The summed E-state index contributed by atoms with van der Waals surface area (Å²) in [6, 6.07) is 0. The number of nitrogens with zero attached hydrogens (tertiary/aromatic N) is 1. The molecule has 0 spiro atoms. The Morgan fingerprint density at radius 3 is 1.35 bits per heavy atom. The van der Waals surface area contributed by atoms with Crippen LogP contribution in [0.5, 0.6) is 0 Å². The molecule has 0 amide bonds. The Morgan fingerprint density at radius 1 is 0.519 bits per heavy atom. The van der Waals surface area contributed by atoms with E-state index in [1.54, 1.807) is 0 Å². The van der Waals surface area contributed by atoms with Crippen molar-refractivity contribution >= 4 is 17.9 Å². The Balaban J connectivity index is 0. The highest BCUT2D eigenvalue weighted by molar-refractivity contribution is 5.71. The monoisotopic (exact) mass is 762 g/mol. The number of allylic oxidation sites excluding steroid dienone is 8. The molecule has 0 aliphatic heterocycles. The van der Waals surface area contributed by atoms with E-state index in [0.29, 0.717) is 19.5 Å². The molecule has 0 aliphatic carbocycles. The maximum Gasteiger partial charge on any atom is 0.307 e. The average Bonchev–Trinajstić information content (AvgIpc) is 3.15. The molecule has 1 atom stereocenters. The van der Waals surface area contributed by atoms with E-state index in [1.807, 2.05) is 11.9 Å². The summed E-state index contributed by atoms with van der Waals surface area (Å²) in [5, 5.41) is 9.06. The molecule has 0 radical (unpaired) electrons. The van der Waals surface area contributed by atoms with Crippen LogP contribution in [0, 0.1) is 0 Å². The van der Waals surface area contributed by atoms with Gasteiger partial charge >= 0.3 is 17.9 Å². The van der Waals surface area contributed by atoms with Crippen LogP contribution in [0.2, 0.25) is 0 Å². The van der Waals surface area contributed by atoms with E-state index in [1.165, 1.54) is 51.4 Å². The lowest BCUT2D eigenvalue weighted by Crippen LogP contribution is -2.31. The van der Waals surface area contributed by atoms with Crippen molar-refractivity contribution in [2.75, 3.05) is 40.0 Å². The molecule has 0 heterocycles. The molecule has 0 bridgehead atoms. The lowest BCUT2D eigenvalue weighted by atomic mass is 10.1. The summed E-state index contributed by atoms with van der Waals surface area (Å²) in [5.74, 6) is -1.13. The van der Waals surface area contributed by atoms with Crippen LogP contribution >= 0.6 is 0 Å². The predicted molar refractivity (Wildman–Crippen MR) is 226 cm³/mol. The van der Waals surface area contributed by atoms with Gasteiger partial charge in [0.25, 0.3) is 0 Å². The molecule has 0 aromatic carbocycles. The fraction of sp³-hybridized carbons (Fsp3) is 0.761. The summed E-state index contributed by atoms with van der Waals surface area (Å²) in [6.07, 6.45) is 42.4. The Morgan fingerprint density at radius 2 is 0.907 bits per heavy atom. The molecule has 8 heteroatoms. The van der Waals surface area contributed by atoms with E-state index < -0.39 is 12.1 Å². The predicted octanol–water partition coefficient (Wildman–Crippen LogP) is 11.6. The van der Waals surface area contributed by atoms with E-state index in [2.05, 4.69) is 62.5 Å². The normalized spacial score (nSPS) is 12.3. The minimum atomic E-state index is -0.840. The number of carbonyl (C=O) groups excluding carboxylic acids is 3. The minimum Gasteiger partial charge on any atom is -0.462 e. The van der Waals surface area contributed by atoms with Gasteiger partial charge in [-0.05, 0) is 84.1 Å². The van der Waals surface area contributed by atoms with Crippen LogP contribution in [0.25, 0.3) is 0 Å². The number of hydrogen-bond acceptors (Lipinski definition) is 8. The molecular formula is C46H83NO7. The summed E-state index contributed by atoms with van der Waals surface area (Å²) >= 11 is 0. The Hall–Kier alpha value is -2.71. The number of esters is 3. The maximum absolute atomic E-state index is 12.6. The maximum atomic E-state index is 12.6. The number of unbranched alkanes of at least 4 members (excludes halogenated alkanes) is 16. The second-order valence-electron chi connectivity index (χ2n) is 14.2. The third-order valence-corrected chi connectivity index (χ3v) is 9.00. The molecule has 54 heavy (non-hydrogen) atoms. The van der Waals surface area contributed by atoms with Crippen molar-refractivity contribution in [2.45, 2.75) is 188 Å². The quantitative estimate of drug-likeness (QED) is 0.0287. The fourth-order valence-corrected chi connectivity index (χ4v) is 5.60. The highest BCUT2D eigenvalue weighted by atomic mass is 16.6. The van der Waals surface area contributed by atoms with Crippen LogP contribution < -0.4 is 0 Å². The van der Waals surface area contributed by atoms with Crippen molar-refractivity contribution in [3.05, 3.63) is 48.6 Å². The van der Waals surface area contributed by atoms with E-state index in [0.717, 1.165) is 89.9 Å². The molecule has 0 saturated carbocycles. The van der Waals surface area contributed by atoms with Gasteiger partial charge in [0.1, 0.15) is 13.2 Å². The zero-order valence-corrected chi connectivity index (χ0v) is 34.3. The van der Waals surface area contributed by atoms with Crippen LogP contribution in [0.4, 0.5) is 0 Å². The van der Waals surface area contributed by atoms with Gasteiger partial charge in [0.15, 0.2) is 6.10 Å². The first-order valence-corrected chi connectivity index (χ1v) is 21.3. The molecular weight excluding hydrogens is 679 g/mol. The average molecular weight is 762 g/mol. The van der Waals surface area contributed by atoms with Crippen molar-refractivity contribution in [3.8, 4) is 0 Å². The van der Waals surface area contributed by atoms with E-state index in [4.69, 9.17) is 19.3 Å². The van der Waals surface area contributed by atoms with Gasteiger partial charge in [-0.2, -0.15) is 0 Å². The van der Waals surface area contributed by atoms with Crippen LogP contribution in [0.3, 0.4) is 0 Å². The number of aliphatic hydroxyl groups is 1. The van der Waals surface area contributed by atoms with Gasteiger partial charge in [0, 0.05) is 25.9 Å². The Labute approximate surface area is 332 Å².